The number of carbonyl (C=O) groups excluding carboxylic acids is 1. The molecule has 2 atom stereocenters. The molecule has 1 fully saturated rings. The number of nitrogens with one attached hydrogen (secondary N) is 2. The summed E-state index contributed by atoms with van der Waals surface area (Å²) in [5.74, 6) is 0.144. The Kier molecular flexibility index (Phi) is 5.44. The molecule has 1 aliphatic rings. The minimum Gasteiger partial charge on any atom is -0.352 e. The molecule has 2 N–H and O–H groups in total. The highest BCUT2D eigenvalue weighted by molar-refractivity contribution is 5.78. The van der Waals surface area contributed by atoms with Gasteiger partial charge in [0.2, 0.25) is 5.91 Å². The van der Waals surface area contributed by atoms with E-state index in [2.05, 4.69) is 38.3 Å². The van der Waals surface area contributed by atoms with Gasteiger partial charge in [0.05, 0.1) is 6.54 Å². The first-order valence-electron chi connectivity index (χ1n) is 6.98. The normalized spacial score (nSPS) is 25.3. The van der Waals surface area contributed by atoms with E-state index in [9.17, 15) is 4.79 Å². The second kappa shape index (κ2) is 6.39. The third-order valence-corrected chi connectivity index (χ3v) is 4.07. The molecule has 0 aromatic rings. The second-order valence-corrected chi connectivity index (χ2v) is 6.04. The quantitative estimate of drug-likeness (QED) is 0.775. The van der Waals surface area contributed by atoms with Crippen LogP contribution in [0.2, 0.25) is 0 Å². The van der Waals surface area contributed by atoms with Crippen molar-refractivity contribution >= 4 is 5.91 Å². The first-order chi connectivity index (χ1) is 7.95. The maximum absolute atomic E-state index is 11.8. The molecule has 1 saturated carbocycles. The number of hydrogen-bond donors (Lipinski definition) is 2. The molecule has 0 radical (unpaired) electrons. The Morgan fingerprint density at radius 3 is 2.71 bits per heavy atom. The van der Waals surface area contributed by atoms with E-state index in [-0.39, 0.29) is 11.3 Å². The lowest BCUT2D eigenvalue weighted by atomic mass is 9.73. The van der Waals surface area contributed by atoms with Crippen LogP contribution >= 0.6 is 0 Å². The van der Waals surface area contributed by atoms with Crippen molar-refractivity contribution in [2.24, 2.45) is 5.41 Å². The van der Waals surface area contributed by atoms with Crippen molar-refractivity contribution in [1.29, 1.82) is 0 Å². The van der Waals surface area contributed by atoms with Crippen molar-refractivity contribution in [3.63, 3.8) is 0 Å². The van der Waals surface area contributed by atoms with Gasteiger partial charge in [-0.2, -0.15) is 0 Å². The number of amides is 1. The van der Waals surface area contributed by atoms with Crippen LogP contribution < -0.4 is 10.6 Å². The van der Waals surface area contributed by atoms with Crippen molar-refractivity contribution < 1.29 is 4.79 Å². The van der Waals surface area contributed by atoms with E-state index in [1.54, 1.807) is 0 Å². The van der Waals surface area contributed by atoms with Gasteiger partial charge in [-0.25, -0.2) is 0 Å². The average Bonchev–Trinajstić information content (AvgIpc) is 2.28. The predicted octanol–water partition coefficient (Wildman–Crippen LogP) is 2.46. The Labute approximate surface area is 106 Å². The number of carbonyl (C=O) groups is 1. The Bertz CT molecular complexity index is 251. The molecule has 100 valence electrons. The fourth-order valence-corrected chi connectivity index (χ4v) is 2.42. The largest absolute Gasteiger partial charge is 0.352 e. The summed E-state index contributed by atoms with van der Waals surface area (Å²) in [6.07, 6.45) is 5.94. The van der Waals surface area contributed by atoms with E-state index in [0.717, 1.165) is 12.8 Å². The molecule has 3 nitrogen and oxygen atoms in total. The van der Waals surface area contributed by atoms with Gasteiger partial charge in [-0.05, 0) is 31.6 Å². The van der Waals surface area contributed by atoms with Crippen LogP contribution in [0.1, 0.15) is 59.8 Å². The van der Waals surface area contributed by atoms with Gasteiger partial charge in [0, 0.05) is 12.1 Å². The predicted molar refractivity (Wildman–Crippen MR) is 71.9 cm³/mol. The van der Waals surface area contributed by atoms with Crippen LogP contribution in [0.5, 0.6) is 0 Å². The number of hydrogen-bond acceptors (Lipinski definition) is 2. The summed E-state index contributed by atoms with van der Waals surface area (Å²) in [5, 5.41) is 6.42. The van der Waals surface area contributed by atoms with E-state index in [0.29, 0.717) is 18.6 Å². The fourth-order valence-electron chi connectivity index (χ4n) is 2.42. The molecule has 0 heterocycles. The van der Waals surface area contributed by atoms with Crippen LogP contribution in [0.15, 0.2) is 0 Å². The summed E-state index contributed by atoms with van der Waals surface area (Å²) in [6.45, 7) is 9.21. The van der Waals surface area contributed by atoms with Crippen molar-refractivity contribution in [2.45, 2.75) is 71.9 Å². The molecule has 0 aliphatic heterocycles. The van der Waals surface area contributed by atoms with E-state index in [1.807, 2.05) is 0 Å². The lowest BCUT2D eigenvalue weighted by Crippen LogP contribution is -2.49. The number of rotatable bonds is 5. The average molecular weight is 240 g/mol. The van der Waals surface area contributed by atoms with Crippen LogP contribution in [-0.2, 0) is 4.79 Å². The molecule has 0 aromatic heterocycles. The van der Waals surface area contributed by atoms with Crippen molar-refractivity contribution in [3.05, 3.63) is 0 Å². The maximum atomic E-state index is 11.8. The van der Waals surface area contributed by atoms with Gasteiger partial charge in [0.1, 0.15) is 0 Å². The Morgan fingerprint density at radius 2 is 2.12 bits per heavy atom. The standard InChI is InChI=1S/C14H28N2O/c1-5-11(2)15-10-13(17)16-12-8-6-7-9-14(12,3)4/h11-12,15H,5-10H2,1-4H3,(H,16,17). The summed E-state index contributed by atoms with van der Waals surface area (Å²) >= 11 is 0. The van der Waals surface area contributed by atoms with Gasteiger partial charge in [0.25, 0.3) is 0 Å². The second-order valence-electron chi connectivity index (χ2n) is 6.04. The van der Waals surface area contributed by atoms with Crippen molar-refractivity contribution in [2.75, 3.05) is 6.54 Å². The highest BCUT2D eigenvalue weighted by atomic mass is 16.2. The Morgan fingerprint density at radius 1 is 1.41 bits per heavy atom. The maximum Gasteiger partial charge on any atom is 0.234 e. The first kappa shape index (κ1) is 14.5. The van der Waals surface area contributed by atoms with Gasteiger partial charge >= 0.3 is 0 Å². The summed E-state index contributed by atoms with van der Waals surface area (Å²) < 4.78 is 0. The summed E-state index contributed by atoms with van der Waals surface area (Å²) in [6, 6.07) is 0.766. The molecule has 17 heavy (non-hydrogen) atoms. The van der Waals surface area contributed by atoms with Crippen LogP contribution in [0.25, 0.3) is 0 Å². The molecule has 0 aromatic carbocycles. The molecule has 0 saturated heterocycles. The summed E-state index contributed by atoms with van der Waals surface area (Å²) in [4.78, 5) is 11.8. The van der Waals surface area contributed by atoms with E-state index < -0.39 is 0 Å². The zero-order valence-electron chi connectivity index (χ0n) is 11.8. The van der Waals surface area contributed by atoms with Crippen molar-refractivity contribution in [3.8, 4) is 0 Å². The molecule has 1 amide bonds. The van der Waals surface area contributed by atoms with Gasteiger partial charge in [0.15, 0.2) is 0 Å². The fraction of sp³-hybridized carbons (Fsp3) is 0.929. The van der Waals surface area contributed by atoms with E-state index in [1.165, 1.54) is 19.3 Å². The molecule has 2 unspecified atom stereocenters. The van der Waals surface area contributed by atoms with Gasteiger partial charge in [-0.1, -0.05) is 33.6 Å². The highest BCUT2D eigenvalue weighted by Gasteiger charge is 2.32. The van der Waals surface area contributed by atoms with Crippen LogP contribution in [0, 0.1) is 5.41 Å². The molecular formula is C14H28N2O. The third kappa shape index (κ3) is 4.66. The zero-order chi connectivity index (χ0) is 12.9. The minimum absolute atomic E-state index is 0.144. The van der Waals surface area contributed by atoms with E-state index >= 15 is 0 Å². The third-order valence-electron chi connectivity index (χ3n) is 4.07. The van der Waals surface area contributed by atoms with Crippen molar-refractivity contribution in [1.82, 2.24) is 10.6 Å². The lowest BCUT2D eigenvalue weighted by Gasteiger charge is -2.39. The lowest BCUT2D eigenvalue weighted by molar-refractivity contribution is -0.122. The zero-order valence-corrected chi connectivity index (χ0v) is 11.8. The van der Waals surface area contributed by atoms with Gasteiger partial charge < -0.3 is 10.6 Å². The first-order valence-corrected chi connectivity index (χ1v) is 6.98. The van der Waals surface area contributed by atoms with Gasteiger partial charge in [-0.15, -0.1) is 0 Å². The molecule has 0 spiro atoms. The summed E-state index contributed by atoms with van der Waals surface area (Å²) in [7, 11) is 0. The minimum atomic E-state index is 0.144. The summed E-state index contributed by atoms with van der Waals surface area (Å²) in [5.41, 5.74) is 0.254. The van der Waals surface area contributed by atoms with Crippen LogP contribution in [0.4, 0.5) is 0 Å². The molecular weight excluding hydrogens is 212 g/mol. The Hall–Kier alpha value is -0.570. The molecule has 1 aliphatic carbocycles. The SMILES string of the molecule is CCC(C)NCC(=O)NC1CCCCC1(C)C. The molecule has 0 bridgehead atoms. The molecule has 3 heteroatoms. The van der Waals surface area contributed by atoms with Gasteiger partial charge in [-0.3, -0.25) is 4.79 Å². The topological polar surface area (TPSA) is 41.1 Å². The highest BCUT2D eigenvalue weighted by Crippen LogP contribution is 2.35. The van der Waals surface area contributed by atoms with Crippen LogP contribution in [-0.4, -0.2) is 24.5 Å². The Balaban J connectivity index is 2.34. The van der Waals surface area contributed by atoms with Crippen LogP contribution in [0.3, 0.4) is 0 Å². The molecule has 1 rings (SSSR count). The van der Waals surface area contributed by atoms with E-state index in [4.69, 9.17) is 0 Å². The smallest absolute Gasteiger partial charge is 0.234 e. The monoisotopic (exact) mass is 240 g/mol.